The van der Waals surface area contributed by atoms with E-state index in [-0.39, 0.29) is 0 Å². The Morgan fingerprint density at radius 1 is 1.86 bits per heavy atom. The molecule has 0 saturated heterocycles. The Balaban J connectivity index is 3.17. The molecule has 0 saturated carbocycles. The van der Waals surface area contributed by atoms with Gasteiger partial charge in [-0.1, -0.05) is 13.5 Å². The summed E-state index contributed by atoms with van der Waals surface area (Å²) in [5.41, 5.74) is 0. The SMILES string of the molecule is C=NSC(=C)CC. The number of rotatable bonds is 3. The third kappa shape index (κ3) is 3.59. The van der Waals surface area contributed by atoms with Crippen LogP contribution in [0.3, 0.4) is 0 Å². The first-order valence-electron chi connectivity index (χ1n) is 2.12. The van der Waals surface area contributed by atoms with Crippen molar-refractivity contribution in [3.8, 4) is 0 Å². The molecule has 2 heteroatoms. The summed E-state index contributed by atoms with van der Waals surface area (Å²) in [6, 6.07) is 0. The Bertz CT molecular complexity index is 78.1. The molecule has 0 spiro atoms. The molecule has 1 nitrogen and oxygen atoms in total. The Morgan fingerprint density at radius 3 is 2.57 bits per heavy atom. The second-order valence-electron chi connectivity index (χ2n) is 1.11. The highest BCUT2D eigenvalue weighted by Gasteiger charge is 1.82. The van der Waals surface area contributed by atoms with Crippen molar-refractivity contribution in [2.75, 3.05) is 0 Å². The average Bonchev–Trinajstić information content (AvgIpc) is 1.68. The highest BCUT2D eigenvalue weighted by Crippen LogP contribution is 2.15. The van der Waals surface area contributed by atoms with Crippen LogP contribution in [-0.2, 0) is 0 Å². The van der Waals surface area contributed by atoms with Crippen molar-refractivity contribution >= 4 is 18.7 Å². The standard InChI is InChI=1S/C5H9NS/c1-4-5(2)7-6-3/h2-4H2,1H3. The second-order valence-corrected chi connectivity index (χ2v) is 2.13. The van der Waals surface area contributed by atoms with Gasteiger partial charge in [0, 0.05) is 16.9 Å². The largest absolute Gasteiger partial charge is 0.228 e. The number of allylic oxidation sites excluding steroid dienone is 1. The molecule has 0 fully saturated rings. The predicted molar refractivity (Wildman–Crippen MR) is 36.6 cm³/mol. The van der Waals surface area contributed by atoms with Crippen LogP contribution in [0.25, 0.3) is 0 Å². The van der Waals surface area contributed by atoms with Crippen LogP contribution in [0.4, 0.5) is 0 Å². The maximum atomic E-state index is 3.69. The zero-order valence-corrected chi connectivity index (χ0v) is 5.29. The molecule has 0 amide bonds. The van der Waals surface area contributed by atoms with Gasteiger partial charge in [-0.25, -0.2) is 4.40 Å². The van der Waals surface area contributed by atoms with Gasteiger partial charge >= 0.3 is 0 Å². The average molecular weight is 115 g/mol. The van der Waals surface area contributed by atoms with Crippen LogP contribution in [0.2, 0.25) is 0 Å². The molecule has 0 aromatic heterocycles. The van der Waals surface area contributed by atoms with E-state index in [0.717, 1.165) is 11.3 Å². The lowest BCUT2D eigenvalue weighted by Gasteiger charge is -1.89. The molecule has 0 atom stereocenters. The molecule has 0 N–H and O–H groups in total. The van der Waals surface area contributed by atoms with Gasteiger partial charge in [-0.3, -0.25) is 0 Å². The summed E-state index contributed by atoms with van der Waals surface area (Å²) in [5.74, 6) is 0. The molecular formula is C5H9NS. The molecule has 7 heavy (non-hydrogen) atoms. The lowest BCUT2D eigenvalue weighted by atomic mass is 10.5. The van der Waals surface area contributed by atoms with Gasteiger partial charge in [-0.05, 0) is 13.1 Å². The first-order valence-corrected chi connectivity index (χ1v) is 2.89. The second kappa shape index (κ2) is 3.93. The van der Waals surface area contributed by atoms with Gasteiger partial charge in [-0.2, -0.15) is 0 Å². The van der Waals surface area contributed by atoms with Gasteiger partial charge in [-0.15, -0.1) is 0 Å². The van der Waals surface area contributed by atoms with Crippen molar-refractivity contribution in [3.63, 3.8) is 0 Å². The summed E-state index contributed by atoms with van der Waals surface area (Å²) < 4.78 is 3.57. The molecule has 0 heterocycles. The number of hydrogen-bond acceptors (Lipinski definition) is 2. The quantitative estimate of drug-likeness (QED) is 0.406. The smallest absolute Gasteiger partial charge is 0.00437 e. The number of nitrogens with zero attached hydrogens (tertiary/aromatic N) is 1. The van der Waals surface area contributed by atoms with Gasteiger partial charge < -0.3 is 0 Å². The first kappa shape index (κ1) is 6.76. The van der Waals surface area contributed by atoms with Crippen molar-refractivity contribution in [1.29, 1.82) is 0 Å². The maximum Gasteiger partial charge on any atom is 0.00437 e. The van der Waals surface area contributed by atoms with Gasteiger partial charge in [0.05, 0.1) is 0 Å². The fourth-order valence-electron chi connectivity index (χ4n) is 0.156. The van der Waals surface area contributed by atoms with Crippen molar-refractivity contribution in [2.45, 2.75) is 13.3 Å². The monoisotopic (exact) mass is 115 g/mol. The van der Waals surface area contributed by atoms with Crippen molar-refractivity contribution in [1.82, 2.24) is 0 Å². The van der Waals surface area contributed by atoms with Crippen LogP contribution < -0.4 is 0 Å². The van der Waals surface area contributed by atoms with Crippen LogP contribution in [0.1, 0.15) is 13.3 Å². The van der Waals surface area contributed by atoms with E-state index in [9.17, 15) is 0 Å². The third-order valence-corrected chi connectivity index (χ3v) is 1.26. The molecule has 0 aromatic carbocycles. The van der Waals surface area contributed by atoms with Gasteiger partial charge in [0.2, 0.25) is 0 Å². The molecule has 0 bridgehead atoms. The topological polar surface area (TPSA) is 12.4 Å². The molecule has 0 aromatic rings. The molecule has 0 aliphatic heterocycles. The molecule has 0 aliphatic rings. The summed E-state index contributed by atoms with van der Waals surface area (Å²) in [6.45, 7) is 9.04. The molecular weight excluding hydrogens is 106 g/mol. The maximum absolute atomic E-state index is 3.69. The zero-order chi connectivity index (χ0) is 5.70. The summed E-state index contributed by atoms with van der Waals surface area (Å²) in [7, 11) is 0. The van der Waals surface area contributed by atoms with Crippen molar-refractivity contribution < 1.29 is 0 Å². The Kier molecular flexibility index (Phi) is 3.80. The van der Waals surface area contributed by atoms with Crippen molar-refractivity contribution in [3.05, 3.63) is 11.5 Å². The highest BCUT2D eigenvalue weighted by molar-refractivity contribution is 8.01. The predicted octanol–water partition coefficient (Wildman–Crippen LogP) is 2.26. The van der Waals surface area contributed by atoms with Crippen LogP contribution >= 0.6 is 11.9 Å². The normalized spacial score (nSPS) is 8.14. The van der Waals surface area contributed by atoms with Crippen LogP contribution in [0.15, 0.2) is 15.9 Å². The summed E-state index contributed by atoms with van der Waals surface area (Å²) >= 11 is 1.35. The Labute approximate surface area is 48.7 Å². The van der Waals surface area contributed by atoms with E-state index < -0.39 is 0 Å². The van der Waals surface area contributed by atoms with E-state index >= 15 is 0 Å². The lowest BCUT2D eigenvalue weighted by molar-refractivity contribution is 1.21. The molecule has 0 rings (SSSR count). The van der Waals surface area contributed by atoms with E-state index in [1.807, 2.05) is 6.92 Å². The Hall–Kier alpha value is -0.240. The van der Waals surface area contributed by atoms with E-state index in [0.29, 0.717) is 0 Å². The van der Waals surface area contributed by atoms with Gasteiger partial charge in [0.15, 0.2) is 0 Å². The van der Waals surface area contributed by atoms with E-state index in [1.165, 1.54) is 11.9 Å². The van der Waals surface area contributed by atoms with Gasteiger partial charge in [0.25, 0.3) is 0 Å². The minimum atomic E-state index is 0.976. The molecule has 0 radical (unpaired) electrons. The fourth-order valence-corrected chi connectivity index (χ4v) is 0.468. The molecule has 0 unspecified atom stereocenters. The zero-order valence-electron chi connectivity index (χ0n) is 4.48. The van der Waals surface area contributed by atoms with Crippen LogP contribution in [0.5, 0.6) is 0 Å². The van der Waals surface area contributed by atoms with Crippen LogP contribution in [0, 0.1) is 0 Å². The van der Waals surface area contributed by atoms with Gasteiger partial charge in [0.1, 0.15) is 0 Å². The Morgan fingerprint density at radius 2 is 2.43 bits per heavy atom. The summed E-state index contributed by atoms with van der Waals surface area (Å²) in [4.78, 5) is 1.06. The summed E-state index contributed by atoms with van der Waals surface area (Å²) in [6.07, 6.45) is 0.976. The van der Waals surface area contributed by atoms with E-state index in [2.05, 4.69) is 17.7 Å². The molecule has 40 valence electrons. The first-order chi connectivity index (χ1) is 3.31. The minimum Gasteiger partial charge on any atom is -0.228 e. The number of hydrogen-bond donors (Lipinski definition) is 0. The molecule has 0 aliphatic carbocycles. The lowest BCUT2D eigenvalue weighted by Crippen LogP contribution is -1.61. The van der Waals surface area contributed by atoms with E-state index in [4.69, 9.17) is 0 Å². The highest BCUT2D eigenvalue weighted by atomic mass is 32.2. The fraction of sp³-hybridized carbons (Fsp3) is 0.400. The summed E-state index contributed by atoms with van der Waals surface area (Å²) in [5, 5.41) is 0. The van der Waals surface area contributed by atoms with Crippen LogP contribution in [-0.4, -0.2) is 6.72 Å². The van der Waals surface area contributed by atoms with E-state index in [1.54, 1.807) is 0 Å². The third-order valence-electron chi connectivity index (χ3n) is 0.588. The van der Waals surface area contributed by atoms with Crippen molar-refractivity contribution in [2.24, 2.45) is 4.40 Å². The minimum absolute atomic E-state index is 0.976.